The van der Waals surface area contributed by atoms with Gasteiger partial charge in [0.25, 0.3) is 0 Å². The number of ether oxygens (including phenoxy) is 1. The first kappa shape index (κ1) is 26.1. The van der Waals surface area contributed by atoms with Gasteiger partial charge in [-0.3, -0.25) is 0 Å². The van der Waals surface area contributed by atoms with Gasteiger partial charge in [0, 0.05) is 43.0 Å². The highest BCUT2D eigenvalue weighted by molar-refractivity contribution is 5.97. The summed E-state index contributed by atoms with van der Waals surface area (Å²) in [4.78, 5) is 26.7. The second kappa shape index (κ2) is 9.36. The van der Waals surface area contributed by atoms with E-state index in [1.165, 1.54) is 0 Å². The van der Waals surface area contributed by atoms with Gasteiger partial charge in [-0.05, 0) is 66.4 Å². The van der Waals surface area contributed by atoms with E-state index < -0.39 is 11.5 Å². The van der Waals surface area contributed by atoms with E-state index in [4.69, 9.17) is 9.73 Å². The molecule has 3 unspecified atom stereocenters. The fourth-order valence-corrected chi connectivity index (χ4v) is 7.85. The third-order valence-electron chi connectivity index (χ3n) is 10.3. The number of imidazole rings is 2. The van der Waals surface area contributed by atoms with Gasteiger partial charge in [-0.2, -0.15) is 0 Å². The molecule has 41 heavy (non-hydrogen) atoms. The Morgan fingerprint density at radius 1 is 1.24 bits per heavy atom. The van der Waals surface area contributed by atoms with Crippen molar-refractivity contribution in [3.63, 3.8) is 0 Å². The summed E-state index contributed by atoms with van der Waals surface area (Å²) in [6.07, 6.45) is 14.8. The van der Waals surface area contributed by atoms with E-state index in [9.17, 15) is 15.0 Å². The fourth-order valence-electron chi connectivity index (χ4n) is 7.85. The van der Waals surface area contributed by atoms with Gasteiger partial charge < -0.3 is 24.1 Å². The number of aliphatic hydroxyl groups excluding tert-OH is 2. The number of allylic oxidation sites excluding steroid dienone is 2. The van der Waals surface area contributed by atoms with Crippen LogP contribution in [-0.2, 0) is 23.1 Å². The number of carbonyl (C=O) groups is 1. The van der Waals surface area contributed by atoms with Gasteiger partial charge >= 0.3 is 5.97 Å². The van der Waals surface area contributed by atoms with E-state index in [-0.39, 0.29) is 35.7 Å². The van der Waals surface area contributed by atoms with Crippen molar-refractivity contribution in [1.82, 2.24) is 19.1 Å². The van der Waals surface area contributed by atoms with Crippen LogP contribution in [0.5, 0.6) is 0 Å². The first-order chi connectivity index (χ1) is 19.7. The van der Waals surface area contributed by atoms with E-state index in [2.05, 4.69) is 27.5 Å². The lowest BCUT2D eigenvalue weighted by atomic mass is 9.45. The number of carbonyl (C=O) groups excluding carboxylic acids is 1. The molecule has 212 valence electrons. The fraction of sp³-hybridized carbons (Fsp3) is 0.438. The SMILES string of the molecule is Cn1cnc2cc(C=C3C=C(C=CC4C5Cn6ccnc6N=C5CC5[C@]4(C)CC[C@@H](O)[C@@]5(C)CO)C(=O)O3)ccc21. The topological polar surface area (TPSA) is 115 Å². The van der Waals surface area contributed by atoms with Crippen LogP contribution in [0.2, 0.25) is 0 Å². The summed E-state index contributed by atoms with van der Waals surface area (Å²) in [5, 5.41) is 21.5. The first-order valence-corrected chi connectivity index (χ1v) is 14.3. The van der Waals surface area contributed by atoms with Crippen LogP contribution in [0.4, 0.5) is 5.95 Å². The molecule has 9 heteroatoms. The molecule has 6 atom stereocenters. The van der Waals surface area contributed by atoms with E-state index in [0.29, 0.717) is 30.1 Å². The molecule has 2 aliphatic carbocycles. The van der Waals surface area contributed by atoms with Crippen molar-refractivity contribution in [2.24, 2.45) is 40.6 Å². The third-order valence-corrected chi connectivity index (χ3v) is 10.3. The van der Waals surface area contributed by atoms with E-state index >= 15 is 0 Å². The molecule has 0 saturated heterocycles. The van der Waals surface area contributed by atoms with Crippen molar-refractivity contribution < 1.29 is 19.7 Å². The molecular weight excluding hydrogens is 518 g/mol. The molecule has 2 aromatic heterocycles. The number of rotatable bonds is 4. The Morgan fingerprint density at radius 3 is 2.93 bits per heavy atom. The van der Waals surface area contributed by atoms with Gasteiger partial charge in [0.2, 0.25) is 5.95 Å². The highest BCUT2D eigenvalue weighted by atomic mass is 16.5. The van der Waals surface area contributed by atoms with Crippen LogP contribution in [-0.4, -0.2) is 53.7 Å². The number of aryl methyl sites for hydroxylation is 1. The largest absolute Gasteiger partial charge is 0.423 e. The smallest absolute Gasteiger partial charge is 0.343 e. The number of nitrogens with zero attached hydrogens (tertiary/aromatic N) is 5. The number of aliphatic hydroxyl groups is 2. The number of benzene rings is 1. The Kier molecular flexibility index (Phi) is 5.96. The molecule has 0 bridgehead atoms. The summed E-state index contributed by atoms with van der Waals surface area (Å²) in [6.45, 7) is 4.95. The van der Waals surface area contributed by atoms with Gasteiger partial charge in [-0.15, -0.1) is 0 Å². The maximum absolute atomic E-state index is 12.9. The van der Waals surface area contributed by atoms with Crippen LogP contribution in [0.15, 0.2) is 71.5 Å². The van der Waals surface area contributed by atoms with E-state index in [1.807, 2.05) is 55.1 Å². The zero-order valence-corrected chi connectivity index (χ0v) is 23.6. The summed E-state index contributed by atoms with van der Waals surface area (Å²) in [6, 6.07) is 5.97. The van der Waals surface area contributed by atoms with Crippen molar-refractivity contribution in [2.45, 2.75) is 45.8 Å². The summed E-state index contributed by atoms with van der Waals surface area (Å²) in [7, 11) is 1.96. The van der Waals surface area contributed by atoms with Gasteiger partial charge in [-0.1, -0.05) is 32.1 Å². The number of fused-ring (bicyclic) bond motifs is 4. The average Bonchev–Trinajstić information content (AvgIpc) is 3.67. The lowest BCUT2D eigenvalue weighted by Crippen LogP contribution is -2.60. The second-order valence-electron chi connectivity index (χ2n) is 12.6. The van der Waals surface area contributed by atoms with Crippen molar-refractivity contribution in [2.75, 3.05) is 6.61 Å². The normalized spacial score (nSPS) is 33.9. The zero-order valence-electron chi connectivity index (χ0n) is 23.6. The van der Waals surface area contributed by atoms with Gasteiger partial charge in [0.15, 0.2) is 0 Å². The molecule has 1 aromatic carbocycles. The molecule has 0 amide bonds. The van der Waals surface area contributed by atoms with Crippen LogP contribution >= 0.6 is 0 Å². The van der Waals surface area contributed by atoms with Crippen LogP contribution in [0, 0.1) is 28.6 Å². The Balaban J connectivity index is 1.24. The number of hydrogen-bond acceptors (Lipinski definition) is 7. The predicted octanol–water partition coefficient (Wildman–Crippen LogP) is 4.35. The predicted molar refractivity (Wildman–Crippen MR) is 155 cm³/mol. The summed E-state index contributed by atoms with van der Waals surface area (Å²) in [5.41, 5.74) is 3.54. The molecular formula is C32H35N5O4. The van der Waals surface area contributed by atoms with Crippen LogP contribution in [0.1, 0.15) is 38.7 Å². The van der Waals surface area contributed by atoms with Gasteiger partial charge in [0.1, 0.15) is 5.76 Å². The Bertz CT molecular complexity index is 1680. The van der Waals surface area contributed by atoms with Gasteiger partial charge in [0.05, 0.1) is 35.6 Å². The molecule has 9 nitrogen and oxygen atoms in total. The lowest BCUT2D eigenvalue weighted by molar-refractivity contribution is -0.147. The molecule has 2 saturated carbocycles. The highest BCUT2D eigenvalue weighted by Gasteiger charge is 2.60. The lowest BCUT2D eigenvalue weighted by Gasteiger charge is -2.61. The average molecular weight is 554 g/mol. The minimum Gasteiger partial charge on any atom is -0.423 e. The molecule has 4 aliphatic rings. The molecule has 0 spiro atoms. The Morgan fingerprint density at radius 2 is 2.10 bits per heavy atom. The monoisotopic (exact) mass is 553 g/mol. The number of cyclic esters (lactones) is 1. The molecule has 3 aromatic rings. The first-order valence-electron chi connectivity index (χ1n) is 14.3. The Hall–Kier alpha value is -3.82. The molecule has 7 rings (SSSR count). The van der Waals surface area contributed by atoms with Gasteiger partial charge in [-0.25, -0.2) is 19.8 Å². The number of aromatic nitrogens is 4. The van der Waals surface area contributed by atoms with E-state index in [0.717, 1.165) is 35.3 Å². The minimum absolute atomic E-state index is 0.0244. The van der Waals surface area contributed by atoms with Crippen LogP contribution in [0.25, 0.3) is 17.1 Å². The number of hydrogen-bond donors (Lipinski definition) is 2. The summed E-state index contributed by atoms with van der Waals surface area (Å²) < 4.78 is 9.68. The van der Waals surface area contributed by atoms with Crippen molar-refractivity contribution in [3.8, 4) is 0 Å². The summed E-state index contributed by atoms with van der Waals surface area (Å²) in [5.74, 6) is 1.02. The van der Waals surface area contributed by atoms with Crippen molar-refractivity contribution in [3.05, 3.63) is 72.0 Å². The minimum atomic E-state index is -0.643. The van der Waals surface area contributed by atoms with Crippen LogP contribution in [0.3, 0.4) is 0 Å². The number of aliphatic imine (C=N–C) groups is 1. The molecule has 2 N–H and O–H groups in total. The zero-order chi connectivity index (χ0) is 28.5. The molecule has 2 aliphatic heterocycles. The van der Waals surface area contributed by atoms with Crippen molar-refractivity contribution in [1.29, 1.82) is 0 Å². The molecule has 0 radical (unpaired) electrons. The third kappa shape index (κ3) is 4.05. The quantitative estimate of drug-likeness (QED) is 0.465. The Labute approximate surface area is 238 Å². The summed E-state index contributed by atoms with van der Waals surface area (Å²) >= 11 is 0. The van der Waals surface area contributed by atoms with Crippen molar-refractivity contribution >= 4 is 34.7 Å². The van der Waals surface area contributed by atoms with E-state index in [1.54, 1.807) is 18.6 Å². The maximum Gasteiger partial charge on any atom is 0.343 e. The standard InChI is InChI=1S/C32H35N5O4/c1-31-9-8-28(39)32(2,17-38)27(31)15-24-22(16-37-11-10-33-30(37)35-24)23(31)6-5-20-14-21(41-29(20)40)12-19-4-7-26-25(13-19)34-18-36(26)3/h4-7,10-14,18,22-23,27-28,38-39H,8-9,15-17H2,1-3H3/t22?,23?,27?,28-,31-,32+/m1/s1. The van der Waals surface area contributed by atoms with Crippen LogP contribution < -0.4 is 0 Å². The molecule has 4 heterocycles. The number of esters is 1. The highest BCUT2D eigenvalue weighted by Crippen LogP contribution is 2.61. The maximum atomic E-state index is 12.9. The second-order valence-corrected chi connectivity index (χ2v) is 12.6. The molecule has 2 fully saturated rings.